The van der Waals surface area contributed by atoms with Gasteiger partial charge in [0.2, 0.25) is 6.80 Å². The van der Waals surface area contributed by atoms with Gasteiger partial charge in [-0.1, -0.05) is 11.8 Å². The van der Waals surface area contributed by atoms with E-state index in [2.05, 4.69) is 29.9 Å². The molecule has 236 valence electrons. The van der Waals surface area contributed by atoms with Crippen LogP contribution in [0.15, 0.2) is 25.3 Å². The summed E-state index contributed by atoms with van der Waals surface area (Å²) in [5, 5.41) is 22.3. The quantitative estimate of drug-likeness (QED) is 0.136. The van der Waals surface area contributed by atoms with Crippen LogP contribution >= 0.6 is 13.5 Å². The van der Waals surface area contributed by atoms with Crippen molar-refractivity contribution in [1.82, 2.24) is 39.0 Å². The molecule has 6 N–H and O–H groups in total. The van der Waals surface area contributed by atoms with Gasteiger partial charge in [0.25, 0.3) is 0 Å². The molecule has 24 heteroatoms. The van der Waals surface area contributed by atoms with Crippen molar-refractivity contribution in [2.24, 2.45) is 0 Å². The second kappa shape index (κ2) is 11.1. The third-order valence-corrected chi connectivity index (χ3v) is 10.3. The summed E-state index contributed by atoms with van der Waals surface area (Å²) in [5.41, 5.74) is 12.7. The number of rotatable bonds is 2. The monoisotopic (exact) mass is 688 g/mol. The molecule has 2 bridgehead atoms. The van der Waals surface area contributed by atoms with E-state index in [1.54, 1.807) is 0 Å². The summed E-state index contributed by atoms with van der Waals surface area (Å²) in [5.74, 6) is 0.174. The summed E-state index contributed by atoms with van der Waals surface area (Å²) < 4.78 is 50.3. The zero-order valence-corrected chi connectivity index (χ0v) is 25.4. The van der Waals surface area contributed by atoms with Gasteiger partial charge in [-0.3, -0.25) is 13.7 Å². The normalized spacial score (nSPS) is 38.3. The Morgan fingerprint density at radius 2 is 1.41 bits per heavy atom. The van der Waals surface area contributed by atoms with Gasteiger partial charge in [-0.2, -0.15) is 0 Å². The molecular weight excluding hydrogens is 666 g/mol. The Kier molecular flexibility index (Phi) is 7.64. The van der Waals surface area contributed by atoms with Gasteiger partial charge in [0, 0.05) is 0 Å². The minimum absolute atomic E-state index is 0.0828. The zero-order chi connectivity index (χ0) is 31.0. The van der Waals surface area contributed by atoms with E-state index in [-0.39, 0.29) is 34.0 Å². The molecule has 3 aliphatic rings. The lowest BCUT2D eigenvalue weighted by Crippen LogP contribution is -2.37. The third kappa shape index (κ3) is 5.28. The highest BCUT2D eigenvalue weighted by Crippen LogP contribution is 2.53. The number of nitrogens with two attached hydrogens (primary N) is 2. The number of anilines is 2. The van der Waals surface area contributed by atoms with Crippen molar-refractivity contribution in [3.63, 3.8) is 0 Å². The van der Waals surface area contributed by atoms with Crippen LogP contribution in [-0.4, -0.2) is 99.1 Å². The van der Waals surface area contributed by atoms with Crippen LogP contribution in [0.5, 0.6) is 0 Å². The maximum absolute atomic E-state index is 13.5. The summed E-state index contributed by atoms with van der Waals surface area (Å²) in [6.07, 6.45) is -5.87. The number of nitrogens with zero attached hydrogens (tertiary/aromatic N) is 8. The van der Waals surface area contributed by atoms with Crippen LogP contribution in [-0.2, 0) is 56.2 Å². The molecule has 0 spiro atoms. The van der Waals surface area contributed by atoms with E-state index in [9.17, 15) is 19.7 Å². The summed E-state index contributed by atoms with van der Waals surface area (Å²) in [4.78, 5) is 37.8. The average molecular weight is 689 g/mol. The van der Waals surface area contributed by atoms with Crippen molar-refractivity contribution in [1.29, 1.82) is 0 Å². The first-order valence-corrected chi connectivity index (χ1v) is 17.8. The number of aliphatic hydroxyl groups excluding tert-OH is 2. The number of hydrogen-bond acceptors (Lipinski definition) is 20. The number of fused-ring (bicyclic) bond motifs is 5. The number of ether oxygens (including phenoxy) is 2. The summed E-state index contributed by atoms with van der Waals surface area (Å²) in [6.45, 7) is -9.98. The minimum atomic E-state index is -4.43. The van der Waals surface area contributed by atoms with Gasteiger partial charge in [-0.05, 0) is 0 Å². The Morgan fingerprint density at radius 3 is 2.05 bits per heavy atom. The van der Waals surface area contributed by atoms with Crippen molar-refractivity contribution in [3.8, 4) is 0 Å². The molecule has 3 fully saturated rings. The SMILES string of the molecule is Nc1ncnc2c1ncn2C1O[C@@H]2COP([O-])(=S)O[C@H]3[C@@H](O)[C@H](n4cnc5c(N)ncnc54)O[C@@H]3COP(=O)([S-])O[C@@H]1[C@@H]2O. The molecule has 0 saturated carbocycles. The molecule has 0 aliphatic carbocycles. The topological polar surface area (TPSA) is 275 Å². The first-order chi connectivity index (χ1) is 20.9. The van der Waals surface area contributed by atoms with E-state index < -0.39 is 75.8 Å². The highest BCUT2D eigenvalue weighted by atomic mass is 32.7. The molecule has 4 aromatic heterocycles. The fourth-order valence-electron chi connectivity index (χ4n) is 5.21. The highest BCUT2D eigenvalue weighted by Gasteiger charge is 2.51. The van der Waals surface area contributed by atoms with Crippen molar-refractivity contribution in [3.05, 3.63) is 25.3 Å². The van der Waals surface area contributed by atoms with E-state index in [0.717, 1.165) is 0 Å². The Bertz CT molecular complexity index is 1830. The molecule has 7 heterocycles. The van der Waals surface area contributed by atoms with Gasteiger partial charge in [-0.15, -0.1) is 0 Å². The average Bonchev–Trinajstić information content (AvgIpc) is 3.73. The smallest absolute Gasteiger partial charge is 0.200 e. The van der Waals surface area contributed by atoms with Crippen LogP contribution in [0.25, 0.3) is 22.3 Å². The highest BCUT2D eigenvalue weighted by molar-refractivity contribution is 8.32. The molecule has 0 aromatic carbocycles. The van der Waals surface area contributed by atoms with Crippen molar-refractivity contribution >= 4 is 71.5 Å². The Labute approximate surface area is 256 Å². The van der Waals surface area contributed by atoms with Crippen molar-refractivity contribution in [2.75, 3.05) is 24.7 Å². The van der Waals surface area contributed by atoms with Gasteiger partial charge in [0.15, 0.2) is 35.4 Å². The van der Waals surface area contributed by atoms with E-state index in [1.807, 2.05) is 0 Å². The fourth-order valence-corrected chi connectivity index (χ4v) is 8.04. The lowest BCUT2D eigenvalue weighted by molar-refractivity contribution is -0.217. The van der Waals surface area contributed by atoms with Crippen LogP contribution in [0.1, 0.15) is 12.5 Å². The maximum atomic E-state index is 13.5. The Morgan fingerprint density at radius 1 is 0.841 bits per heavy atom. The summed E-state index contributed by atoms with van der Waals surface area (Å²) >= 11 is 10.3. The van der Waals surface area contributed by atoms with Crippen molar-refractivity contribution in [2.45, 2.75) is 49.1 Å². The molecule has 3 saturated heterocycles. The zero-order valence-electron chi connectivity index (χ0n) is 21.9. The molecule has 3 aliphatic heterocycles. The molecule has 0 amide bonds. The largest absolute Gasteiger partial charge is 0.780 e. The van der Waals surface area contributed by atoms with Crippen LogP contribution in [0.2, 0.25) is 0 Å². The lowest BCUT2D eigenvalue weighted by Gasteiger charge is -2.34. The fraction of sp³-hybridized carbons (Fsp3) is 0.500. The molecule has 4 aromatic rings. The Balaban J connectivity index is 1.20. The lowest BCUT2D eigenvalue weighted by atomic mass is 10.1. The Hall–Kier alpha value is -2.43. The molecule has 44 heavy (non-hydrogen) atoms. The number of aromatic nitrogens is 8. The van der Waals surface area contributed by atoms with E-state index in [4.69, 9.17) is 63.1 Å². The molecule has 10 atom stereocenters. The molecule has 7 rings (SSSR count). The minimum Gasteiger partial charge on any atom is -0.780 e. The number of imidazole rings is 2. The predicted octanol–water partition coefficient (Wildman–Crippen LogP) is -1.60. The molecule has 20 nitrogen and oxygen atoms in total. The van der Waals surface area contributed by atoms with Crippen LogP contribution in [0.4, 0.5) is 11.6 Å². The molecular formula is C20H22N10O10P2S2-2. The number of nitrogen functional groups attached to an aromatic ring is 2. The molecule has 0 radical (unpaired) electrons. The van der Waals surface area contributed by atoms with E-state index in [1.165, 1.54) is 34.4 Å². The predicted molar refractivity (Wildman–Crippen MR) is 150 cm³/mol. The molecule has 3 unspecified atom stereocenters. The van der Waals surface area contributed by atoms with Gasteiger partial charge < -0.3 is 66.4 Å². The standard InChI is InChI=1S/C20H24N10O10P2S2/c21-15-9-17(25-3-23-15)29(5-27-9)19-12(32)13-8(38-19)2-36-42(34,44)40-14-11(31)7(1-35-41(33,43)39-13)37-20(14)30-6-28-10-16(22)24-4-26-18(10)30/h3-8,11-14,19-20,31-32H,1-2H2,(H,33,43)(H,34,44)(H2,21,23,25)(H2,22,24,26)/p-2/t7-,8-,11-,12-,13-,14-,19-,20?,41?,42?/m1/s1. The van der Waals surface area contributed by atoms with Crippen LogP contribution in [0, 0.1) is 0 Å². The first kappa shape index (κ1) is 30.2. The summed E-state index contributed by atoms with van der Waals surface area (Å²) in [7, 11) is 0. The van der Waals surface area contributed by atoms with E-state index >= 15 is 0 Å². The summed E-state index contributed by atoms with van der Waals surface area (Å²) in [6, 6.07) is 0. The van der Waals surface area contributed by atoms with Gasteiger partial charge >= 0.3 is 0 Å². The third-order valence-electron chi connectivity index (χ3n) is 7.24. The second-order valence-electron chi connectivity index (χ2n) is 9.90. The van der Waals surface area contributed by atoms with Crippen LogP contribution in [0.3, 0.4) is 0 Å². The van der Waals surface area contributed by atoms with Gasteiger partial charge in [-0.25, -0.2) is 29.9 Å². The van der Waals surface area contributed by atoms with Crippen molar-refractivity contribution < 1.29 is 47.2 Å². The van der Waals surface area contributed by atoms with Gasteiger partial charge in [0.1, 0.15) is 67.0 Å². The number of hydrogen-bond donors (Lipinski definition) is 4. The van der Waals surface area contributed by atoms with Gasteiger partial charge in [0.05, 0.1) is 25.9 Å². The first-order valence-electron chi connectivity index (χ1n) is 12.7. The van der Waals surface area contributed by atoms with E-state index in [0.29, 0.717) is 0 Å². The number of aliphatic hydroxyl groups is 2. The van der Waals surface area contributed by atoms with Crippen LogP contribution < -0.4 is 16.4 Å². The maximum Gasteiger partial charge on any atom is 0.200 e. The second-order valence-corrected chi connectivity index (χ2v) is 15.3.